The summed E-state index contributed by atoms with van der Waals surface area (Å²) in [5.41, 5.74) is 1.27. The molecule has 2 heteroatoms. The highest BCUT2D eigenvalue weighted by molar-refractivity contribution is 5.23. The first-order valence-corrected chi connectivity index (χ1v) is 3.82. The van der Waals surface area contributed by atoms with Crippen molar-refractivity contribution in [3.8, 4) is 0 Å². The summed E-state index contributed by atoms with van der Waals surface area (Å²) in [5.74, 6) is 1.50. The number of nitrogens with two attached hydrogens (primary N) is 1. The molecule has 0 spiro atoms. The van der Waals surface area contributed by atoms with Gasteiger partial charge < -0.3 is 5.32 Å². The molecule has 0 aliphatic heterocycles. The van der Waals surface area contributed by atoms with Crippen LogP contribution in [0.2, 0.25) is 0 Å². The molecule has 1 rings (SSSR count). The van der Waals surface area contributed by atoms with Crippen LogP contribution in [0.5, 0.6) is 0 Å². The van der Waals surface area contributed by atoms with E-state index in [0.29, 0.717) is 5.92 Å². The number of aromatic nitrogens is 1. The summed E-state index contributed by atoms with van der Waals surface area (Å²) in [4.78, 5) is 4.20. The molecule has 0 saturated heterocycles. The highest BCUT2D eigenvalue weighted by Gasteiger charge is 1.98. The van der Waals surface area contributed by atoms with Crippen LogP contribution >= 0.6 is 0 Å². The minimum atomic E-state index is 0.557. The van der Waals surface area contributed by atoms with Gasteiger partial charge in [-0.25, -0.2) is 4.98 Å². The average Bonchev–Trinajstić information content (AvgIpc) is 2.05. The van der Waals surface area contributed by atoms with E-state index < -0.39 is 0 Å². The second-order valence-corrected chi connectivity index (χ2v) is 2.88. The zero-order valence-corrected chi connectivity index (χ0v) is 7.04. The van der Waals surface area contributed by atoms with Gasteiger partial charge in [-0.3, -0.25) is 0 Å². The standard InChI is InChI=1S/C9H14N2/c1-7(2)8-4-5-9(10-3)11-6-8/h4-7H,3,10H2,1-2H3. The molecule has 0 aliphatic carbocycles. The number of nitrogens with zero attached hydrogens (tertiary/aromatic N) is 1. The number of quaternary nitrogens is 1. The predicted octanol–water partition coefficient (Wildman–Crippen LogP) is 1.19. The van der Waals surface area contributed by atoms with Crippen LogP contribution in [0, 0.1) is 7.05 Å². The first kappa shape index (κ1) is 8.21. The summed E-state index contributed by atoms with van der Waals surface area (Å²) < 4.78 is 0. The molecule has 2 nitrogen and oxygen atoms in total. The maximum atomic E-state index is 4.20. The smallest absolute Gasteiger partial charge is 0.197 e. The number of pyridine rings is 1. The fourth-order valence-electron chi connectivity index (χ4n) is 0.879. The summed E-state index contributed by atoms with van der Waals surface area (Å²) in [5, 5.41) is 1.75. The third-order valence-electron chi connectivity index (χ3n) is 1.69. The normalized spacial score (nSPS) is 10.5. The fraction of sp³-hybridized carbons (Fsp3) is 0.333. The van der Waals surface area contributed by atoms with Gasteiger partial charge in [0.05, 0.1) is 0 Å². The Labute approximate surface area is 67.7 Å². The molecule has 1 aromatic rings. The largest absolute Gasteiger partial charge is 0.429 e. The highest BCUT2D eigenvalue weighted by Crippen LogP contribution is 2.12. The summed E-state index contributed by atoms with van der Waals surface area (Å²) >= 11 is 0. The van der Waals surface area contributed by atoms with Gasteiger partial charge in [-0.05, 0) is 17.5 Å². The zero-order chi connectivity index (χ0) is 8.27. The molecule has 0 aromatic carbocycles. The van der Waals surface area contributed by atoms with Gasteiger partial charge in [-0.1, -0.05) is 13.8 Å². The molecule has 0 atom stereocenters. The number of rotatable bonds is 2. The molecule has 0 radical (unpaired) electrons. The quantitative estimate of drug-likeness (QED) is 0.630. The van der Waals surface area contributed by atoms with E-state index in [2.05, 4.69) is 31.9 Å². The monoisotopic (exact) mass is 150 g/mol. The van der Waals surface area contributed by atoms with Crippen LogP contribution in [-0.4, -0.2) is 4.98 Å². The molecule has 11 heavy (non-hydrogen) atoms. The predicted molar refractivity (Wildman–Crippen MR) is 45.3 cm³/mol. The van der Waals surface area contributed by atoms with Gasteiger partial charge in [0.2, 0.25) is 0 Å². The molecular weight excluding hydrogens is 136 g/mol. The van der Waals surface area contributed by atoms with E-state index in [0.717, 1.165) is 5.82 Å². The second-order valence-electron chi connectivity index (χ2n) is 2.88. The van der Waals surface area contributed by atoms with Crippen LogP contribution in [0.25, 0.3) is 0 Å². The van der Waals surface area contributed by atoms with E-state index in [9.17, 15) is 0 Å². The minimum absolute atomic E-state index is 0.557. The molecule has 1 heterocycles. The van der Waals surface area contributed by atoms with Crippen molar-refractivity contribution in [1.82, 2.24) is 4.98 Å². The lowest BCUT2D eigenvalue weighted by Gasteiger charge is -2.04. The highest BCUT2D eigenvalue weighted by atomic mass is 14.9. The average molecular weight is 150 g/mol. The van der Waals surface area contributed by atoms with E-state index in [-0.39, 0.29) is 0 Å². The topological polar surface area (TPSA) is 29.5 Å². The van der Waals surface area contributed by atoms with E-state index in [1.165, 1.54) is 5.56 Å². The zero-order valence-electron chi connectivity index (χ0n) is 7.04. The van der Waals surface area contributed by atoms with Crippen LogP contribution in [0.15, 0.2) is 18.3 Å². The second kappa shape index (κ2) is 3.49. The third-order valence-corrected chi connectivity index (χ3v) is 1.69. The lowest BCUT2D eigenvalue weighted by atomic mass is 10.1. The molecule has 0 unspecified atom stereocenters. The van der Waals surface area contributed by atoms with Gasteiger partial charge in [0, 0.05) is 12.3 Å². The maximum Gasteiger partial charge on any atom is 0.197 e. The van der Waals surface area contributed by atoms with Gasteiger partial charge in [-0.2, -0.15) is 0 Å². The van der Waals surface area contributed by atoms with E-state index in [1.807, 2.05) is 12.3 Å². The van der Waals surface area contributed by atoms with Gasteiger partial charge in [0.15, 0.2) is 5.82 Å². The molecule has 2 N–H and O–H groups in total. The number of hydrogen-bond donors (Lipinski definition) is 1. The van der Waals surface area contributed by atoms with Crippen molar-refractivity contribution >= 4 is 5.82 Å². The SMILES string of the molecule is [CH2-][NH2+]c1ccc(C(C)C)cn1. The lowest BCUT2D eigenvalue weighted by Crippen LogP contribution is -2.70. The molecule has 0 aliphatic rings. The van der Waals surface area contributed by atoms with Crippen LogP contribution in [0.4, 0.5) is 5.82 Å². The Morgan fingerprint density at radius 3 is 2.55 bits per heavy atom. The van der Waals surface area contributed by atoms with Crippen LogP contribution in [-0.2, 0) is 0 Å². The molecule has 1 aromatic heterocycles. The Morgan fingerprint density at radius 1 is 1.45 bits per heavy atom. The van der Waals surface area contributed by atoms with Crippen molar-refractivity contribution in [3.05, 3.63) is 30.9 Å². The lowest BCUT2D eigenvalue weighted by molar-refractivity contribution is -0.508. The van der Waals surface area contributed by atoms with E-state index in [4.69, 9.17) is 0 Å². The summed E-state index contributed by atoms with van der Waals surface area (Å²) in [6.07, 6.45) is 1.90. The van der Waals surface area contributed by atoms with Gasteiger partial charge in [0.25, 0.3) is 0 Å². The summed E-state index contributed by atoms with van der Waals surface area (Å²) in [7, 11) is 3.64. The molecule has 0 amide bonds. The molecular formula is C9H14N2. The Kier molecular flexibility index (Phi) is 2.60. The Morgan fingerprint density at radius 2 is 2.18 bits per heavy atom. The van der Waals surface area contributed by atoms with Gasteiger partial charge in [-0.15, -0.1) is 7.05 Å². The van der Waals surface area contributed by atoms with Crippen molar-refractivity contribution in [1.29, 1.82) is 0 Å². The van der Waals surface area contributed by atoms with Crippen molar-refractivity contribution in [2.75, 3.05) is 0 Å². The Hall–Kier alpha value is -0.890. The molecule has 0 fully saturated rings. The Bertz CT molecular complexity index is 214. The summed E-state index contributed by atoms with van der Waals surface area (Å²) in [6.45, 7) is 4.31. The van der Waals surface area contributed by atoms with Crippen LogP contribution in [0.1, 0.15) is 25.3 Å². The van der Waals surface area contributed by atoms with Crippen molar-refractivity contribution in [2.45, 2.75) is 19.8 Å². The molecule has 0 saturated carbocycles. The van der Waals surface area contributed by atoms with Crippen LogP contribution < -0.4 is 5.32 Å². The maximum absolute atomic E-state index is 4.20. The number of hydrogen-bond acceptors (Lipinski definition) is 1. The van der Waals surface area contributed by atoms with Crippen molar-refractivity contribution in [2.24, 2.45) is 0 Å². The van der Waals surface area contributed by atoms with Crippen molar-refractivity contribution < 1.29 is 5.32 Å². The third kappa shape index (κ3) is 2.02. The first-order valence-electron chi connectivity index (χ1n) is 3.82. The summed E-state index contributed by atoms with van der Waals surface area (Å²) in [6, 6.07) is 4.08. The minimum Gasteiger partial charge on any atom is -0.429 e. The fourth-order valence-corrected chi connectivity index (χ4v) is 0.879. The van der Waals surface area contributed by atoms with E-state index >= 15 is 0 Å². The van der Waals surface area contributed by atoms with Crippen molar-refractivity contribution in [3.63, 3.8) is 0 Å². The van der Waals surface area contributed by atoms with E-state index in [1.54, 1.807) is 5.32 Å². The first-order chi connectivity index (χ1) is 5.24. The van der Waals surface area contributed by atoms with Crippen LogP contribution in [0.3, 0.4) is 0 Å². The van der Waals surface area contributed by atoms with Gasteiger partial charge >= 0.3 is 0 Å². The van der Waals surface area contributed by atoms with Gasteiger partial charge in [0.1, 0.15) is 0 Å². The Balaban J connectivity index is 2.83. The molecule has 60 valence electrons. The molecule has 0 bridgehead atoms.